The molecule has 0 bridgehead atoms. The first-order valence-electron chi connectivity index (χ1n) is 9.84. The summed E-state index contributed by atoms with van der Waals surface area (Å²) in [6.07, 6.45) is 3.39. The molecule has 1 aliphatic rings. The number of ether oxygens (including phenoxy) is 1. The number of hydrogen-bond donors (Lipinski definition) is 3. The molecule has 7 nitrogen and oxygen atoms in total. The lowest BCUT2D eigenvalue weighted by Crippen LogP contribution is -2.51. The van der Waals surface area contributed by atoms with Crippen LogP contribution in [0.4, 0.5) is 5.69 Å². The first kappa shape index (κ1) is 19.3. The van der Waals surface area contributed by atoms with E-state index in [9.17, 15) is 4.79 Å². The van der Waals surface area contributed by atoms with Gasteiger partial charge in [0.2, 0.25) is 11.8 Å². The van der Waals surface area contributed by atoms with Crippen molar-refractivity contribution in [2.24, 2.45) is 0 Å². The number of aromatic nitrogens is 2. The zero-order valence-electron chi connectivity index (χ0n) is 16.4. The van der Waals surface area contributed by atoms with Crippen molar-refractivity contribution in [1.82, 2.24) is 20.6 Å². The summed E-state index contributed by atoms with van der Waals surface area (Å²) in [5.74, 6) is 0.438. The van der Waals surface area contributed by atoms with Crippen LogP contribution in [0.1, 0.15) is 18.4 Å². The van der Waals surface area contributed by atoms with Gasteiger partial charge in [0.1, 0.15) is 5.52 Å². The molecule has 0 unspecified atom stereocenters. The van der Waals surface area contributed by atoms with Crippen LogP contribution in [0.15, 0.2) is 54.7 Å². The maximum absolute atomic E-state index is 12.8. The molecule has 1 saturated heterocycles. The molecule has 0 spiro atoms. The lowest BCUT2D eigenvalue weighted by molar-refractivity contribution is -0.118. The topological polar surface area (TPSA) is 88.2 Å². The van der Waals surface area contributed by atoms with Crippen molar-refractivity contribution in [3.8, 4) is 5.88 Å². The van der Waals surface area contributed by atoms with Gasteiger partial charge in [0.05, 0.1) is 24.4 Å². The predicted molar refractivity (Wildman–Crippen MR) is 113 cm³/mol. The van der Waals surface area contributed by atoms with E-state index in [1.165, 1.54) is 5.56 Å². The number of hydrogen-bond acceptors (Lipinski definition) is 6. The van der Waals surface area contributed by atoms with Gasteiger partial charge >= 0.3 is 0 Å². The molecule has 3 N–H and O–H groups in total. The van der Waals surface area contributed by atoms with E-state index in [2.05, 4.69) is 38.1 Å². The van der Waals surface area contributed by atoms with E-state index in [0.717, 1.165) is 25.9 Å². The zero-order valence-corrected chi connectivity index (χ0v) is 16.4. The molecule has 1 aliphatic heterocycles. The maximum atomic E-state index is 12.8. The summed E-state index contributed by atoms with van der Waals surface area (Å²) in [5.41, 5.74) is 3.24. The molecule has 0 aliphatic carbocycles. The molecule has 0 radical (unpaired) electrons. The van der Waals surface area contributed by atoms with Crippen molar-refractivity contribution in [3.05, 3.63) is 60.3 Å². The van der Waals surface area contributed by atoms with E-state index in [1.54, 1.807) is 25.4 Å². The average molecular weight is 391 g/mol. The first-order valence-corrected chi connectivity index (χ1v) is 9.84. The molecule has 29 heavy (non-hydrogen) atoms. The third-order valence-corrected chi connectivity index (χ3v) is 5.19. The van der Waals surface area contributed by atoms with Crippen LogP contribution >= 0.6 is 0 Å². The third-order valence-electron chi connectivity index (χ3n) is 5.19. The van der Waals surface area contributed by atoms with E-state index < -0.39 is 0 Å². The standard InChI is InChI=1S/C22H25N5O2/c1-29-20-10-9-17-21(27-20)18(11-12-23-17)26-22(28)19-8-7-16(14-25-19)24-13-15-5-3-2-4-6-15/h2-6,9-12,16,19,24-25H,7-8,13-14H2,1H3,(H,23,26,28)/t16-,19+/m1/s1. The Bertz CT molecular complexity index is 971. The lowest BCUT2D eigenvalue weighted by atomic mass is 9.99. The first-order chi connectivity index (χ1) is 14.2. The van der Waals surface area contributed by atoms with Crippen molar-refractivity contribution in [2.45, 2.75) is 31.5 Å². The number of piperidine rings is 1. The van der Waals surface area contributed by atoms with Crippen LogP contribution in [0.25, 0.3) is 11.0 Å². The number of nitrogens with zero attached hydrogens (tertiary/aromatic N) is 2. The fourth-order valence-corrected chi connectivity index (χ4v) is 3.55. The Labute approximate surface area is 169 Å². The number of benzene rings is 1. The Hall–Kier alpha value is -3.03. The zero-order chi connectivity index (χ0) is 20.1. The van der Waals surface area contributed by atoms with Crippen LogP contribution in [0.2, 0.25) is 0 Å². The minimum Gasteiger partial charge on any atom is -0.481 e. The van der Waals surface area contributed by atoms with Crippen molar-refractivity contribution >= 4 is 22.6 Å². The molecule has 1 fully saturated rings. The fraction of sp³-hybridized carbons (Fsp3) is 0.318. The Kier molecular flexibility index (Phi) is 5.97. The molecule has 0 saturated carbocycles. The molecule has 1 aromatic carbocycles. The van der Waals surface area contributed by atoms with Gasteiger partial charge in [-0.2, -0.15) is 0 Å². The minimum absolute atomic E-state index is 0.0522. The quantitative estimate of drug-likeness (QED) is 0.598. The number of nitrogens with one attached hydrogen (secondary N) is 3. The van der Waals surface area contributed by atoms with Crippen LogP contribution in [0.3, 0.4) is 0 Å². The Balaban J connectivity index is 1.34. The highest BCUT2D eigenvalue weighted by Crippen LogP contribution is 2.23. The van der Waals surface area contributed by atoms with Gasteiger partial charge in [0.15, 0.2) is 0 Å². The summed E-state index contributed by atoms with van der Waals surface area (Å²) >= 11 is 0. The van der Waals surface area contributed by atoms with Crippen LogP contribution in [0, 0.1) is 0 Å². The Morgan fingerprint density at radius 2 is 2.03 bits per heavy atom. The summed E-state index contributed by atoms with van der Waals surface area (Å²) < 4.78 is 5.19. The number of amides is 1. The lowest BCUT2D eigenvalue weighted by Gasteiger charge is -2.30. The summed E-state index contributed by atoms with van der Waals surface area (Å²) in [6.45, 7) is 1.59. The Morgan fingerprint density at radius 1 is 1.17 bits per heavy atom. The van der Waals surface area contributed by atoms with Crippen molar-refractivity contribution in [1.29, 1.82) is 0 Å². The molecular formula is C22H25N5O2. The van der Waals surface area contributed by atoms with Crippen LogP contribution < -0.4 is 20.7 Å². The van der Waals surface area contributed by atoms with Gasteiger partial charge in [-0.05, 0) is 30.5 Å². The summed E-state index contributed by atoms with van der Waals surface area (Å²) in [4.78, 5) is 21.5. The molecule has 2 atom stereocenters. The highest BCUT2D eigenvalue weighted by atomic mass is 16.5. The smallest absolute Gasteiger partial charge is 0.241 e. The van der Waals surface area contributed by atoms with E-state index >= 15 is 0 Å². The number of fused-ring (bicyclic) bond motifs is 1. The largest absolute Gasteiger partial charge is 0.481 e. The van der Waals surface area contributed by atoms with Crippen LogP contribution in [0.5, 0.6) is 5.88 Å². The average Bonchev–Trinajstić information content (AvgIpc) is 2.78. The van der Waals surface area contributed by atoms with E-state index in [1.807, 2.05) is 24.3 Å². The van der Waals surface area contributed by atoms with E-state index in [-0.39, 0.29) is 11.9 Å². The molecule has 2 aromatic heterocycles. The third kappa shape index (κ3) is 4.70. The van der Waals surface area contributed by atoms with Crippen LogP contribution in [-0.2, 0) is 11.3 Å². The summed E-state index contributed by atoms with van der Waals surface area (Å²) in [6, 6.07) is 15.8. The molecule has 7 heteroatoms. The van der Waals surface area contributed by atoms with Gasteiger partial charge in [-0.1, -0.05) is 30.3 Å². The highest BCUT2D eigenvalue weighted by molar-refractivity contribution is 6.01. The second-order valence-corrected chi connectivity index (χ2v) is 7.17. The number of carbonyl (C=O) groups excluding carboxylic acids is 1. The Morgan fingerprint density at radius 3 is 2.79 bits per heavy atom. The maximum Gasteiger partial charge on any atom is 0.241 e. The van der Waals surface area contributed by atoms with E-state index in [0.29, 0.717) is 28.6 Å². The van der Waals surface area contributed by atoms with Gasteiger partial charge in [-0.25, -0.2) is 4.98 Å². The molecule has 3 aromatic rings. The van der Waals surface area contributed by atoms with Crippen molar-refractivity contribution in [3.63, 3.8) is 0 Å². The van der Waals surface area contributed by atoms with E-state index in [4.69, 9.17) is 4.74 Å². The summed E-state index contributed by atoms with van der Waals surface area (Å²) in [5, 5.41) is 9.92. The SMILES string of the molecule is COc1ccc2nccc(NC(=O)[C@@H]3CC[C@@H](NCc4ccccc4)CN3)c2n1. The molecule has 1 amide bonds. The van der Waals surface area contributed by atoms with Crippen molar-refractivity contribution < 1.29 is 9.53 Å². The second kappa shape index (κ2) is 8.98. The molecule has 3 heterocycles. The number of methoxy groups -OCH3 is 1. The number of pyridine rings is 2. The van der Waals surface area contributed by atoms with Gasteiger partial charge < -0.3 is 20.7 Å². The molecule has 4 rings (SSSR count). The number of rotatable bonds is 6. The summed E-state index contributed by atoms with van der Waals surface area (Å²) in [7, 11) is 1.57. The normalized spacial score (nSPS) is 19.1. The highest BCUT2D eigenvalue weighted by Gasteiger charge is 2.26. The van der Waals surface area contributed by atoms with Gasteiger partial charge in [0.25, 0.3) is 0 Å². The van der Waals surface area contributed by atoms with Crippen LogP contribution in [-0.4, -0.2) is 41.6 Å². The predicted octanol–water partition coefficient (Wildman–Crippen LogP) is 2.49. The monoisotopic (exact) mass is 391 g/mol. The fourth-order valence-electron chi connectivity index (χ4n) is 3.55. The minimum atomic E-state index is -0.224. The van der Waals surface area contributed by atoms with Crippen molar-refractivity contribution in [2.75, 3.05) is 19.0 Å². The second-order valence-electron chi connectivity index (χ2n) is 7.17. The molecular weight excluding hydrogens is 366 g/mol. The van der Waals surface area contributed by atoms with Gasteiger partial charge in [-0.15, -0.1) is 0 Å². The number of carbonyl (C=O) groups is 1. The van der Waals surface area contributed by atoms with Gasteiger partial charge in [0, 0.05) is 31.4 Å². The molecule has 150 valence electrons. The van der Waals surface area contributed by atoms with Gasteiger partial charge in [-0.3, -0.25) is 9.78 Å². The number of anilines is 1.